The van der Waals surface area contributed by atoms with E-state index in [2.05, 4.69) is 29.2 Å². The summed E-state index contributed by atoms with van der Waals surface area (Å²) >= 11 is 0. The van der Waals surface area contributed by atoms with Gasteiger partial charge in [0.1, 0.15) is 5.76 Å². The van der Waals surface area contributed by atoms with E-state index in [1.54, 1.807) is 6.07 Å². The maximum atomic E-state index is 10.6. The summed E-state index contributed by atoms with van der Waals surface area (Å²) in [6, 6.07) is 12.0. The lowest BCUT2D eigenvalue weighted by Gasteiger charge is -2.26. The predicted octanol–water partition coefficient (Wildman–Crippen LogP) is 3.79. The summed E-state index contributed by atoms with van der Waals surface area (Å²) < 4.78 is 5.44. The van der Waals surface area contributed by atoms with Gasteiger partial charge in [-0.1, -0.05) is 30.7 Å². The lowest BCUT2D eigenvalue weighted by Crippen LogP contribution is -2.31. The average Bonchev–Trinajstić information content (AvgIpc) is 3.03. The number of nitrogens with zero attached hydrogens (tertiary/aromatic N) is 1. The van der Waals surface area contributed by atoms with Crippen LogP contribution in [0.1, 0.15) is 35.4 Å². The Labute approximate surface area is 125 Å². The molecule has 1 aromatic heterocycles. The van der Waals surface area contributed by atoms with E-state index in [1.807, 2.05) is 6.07 Å². The Morgan fingerprint density at radius 1 is 1.00 bits per heavy atom. The Morgan fingerprint density at radius 2 is 1.76 bits per heavy atom. The van der Waals surface area contributed by atoms with E-state index in [1.165, 1.54) is 37.9 Å². The molecule has 1 saturated heterocycles. The largest absolute Gasteiger partial charge is 0.453 e. The van der Waals surface area contributed by atoms with Crippen LogP contribution in [0.3, 0.4) is 0 Å². The van der Waals surface area contributed by atoms with Crippen LogP contribution < -0.4 is 0 Å². The van der Waals surface area contributed by atoms with Gasteiger partial charge in [-0.25, -0.2) is 0 Å². The SMILES string of the molecule is O=Cc1ccc(-c2ccc(CCN3CCCCC3)cc2)o1. The molecule has 3 nitrogen and oxygen atoms in total. The van der Waals surface area contributed by atoms with Crippen molar-refractivity contribution in [2.24, 2.45) is 0 Å². The molecule has 3 heteroatoms. The van der Waals surface area contributed by atoms with Gasteiger partial charge < -0.3 is 9.32 Å². The molecule has 1 aliphatic heterocycles. The van der Waals surface area contributed by atoms with Gasteiger partial charge in [-0.2, -0.15) is 0 Å². The zero-order valence-electron chi connectivity index (χ0n) is 12.3. The summed E-state index contributed by atoms with van der Waals surface area (Å²) in [5, 5.41) is 0. The minimum Gasteiger partial charge on any atom is -0.453 e. The summed E-state index contributed by atoms with van der Waals surface area (Å²) in [6.45, 7) is 3.65. The van der Waals surface area contributed by atoms with Crippen molar-refractivity contribution in [2.45, 2.75) is 25.7 Å². The predicted molar refractivity (Wildman–Crippen MR) is 83.5 cm³/mol. The van der Waals surface area contributed by atoms with Crippen molar-refractivity contribution in [1.82, 2.24) is 4.90 Å². The topological polar surface area (TPSA) is 33.5 Å². The maximum Gasteiger partial charge on any atom is 0.185 e. The van der Waals surface area contributed by atoms with Crippen LogP contribution in [0.25, 0.3) is 11.3 Å². The molecule has 2 aromatic rings. The number of rotatable bonds is 5. The van der Waals surface area contributed by atoms with E-state index < -0.39 is 0 Å². The normalized spacial score (nSPS) is 16.0. The second-order valence-corrected chi connectivity index (χ2v) is 5.67. The highest BCUT2D eigenvalue weighted by molar-refractivity contribution is 5.72. The number of aldehydes is 1. The first-order chi connectivity index (χ1) is 10.3. The van der Waals surface area contributed by atoms with Gasteiger partial charge in [-0.3, -0.25) is 4.79 Å². The molecule has 0 radical (unpaired) electrons. The van der Waals surface area contributed by atoms with Gasteiger partial charge in [0.2, 0.25) is 0 Å². The lowest BCUT2D eigenvalue weighted by atomic mass is 10.1. The Kier molecular flexibility index (Phi) is 4.51. The third-order valence-corrected chi connectivity index (χ3v) is 4.15. The first-order valence-electron chi connectivity index (χ1n) is 7.72. The Balaban J connectivity index is 1.59. The van der Waals surface area contributed by atoms with Gasteiger partial charge >= 0.3 is 0 Å². The van der Waals surface area contributed by atoms with E-state index in [0.717, 1.165) is 30.6 Å². The van der Waals surface area contributed by atoms with Gasteiger partial charge in [0.25, 0.3) is 0 Å². The van der Waals surface area contributed by atoms with Crippen LogP contribution in [0.15, 0.2) is 40.8 Å². The zero-order valence-corrected chi connectivity index (χ0v) is 12.3. The molecule has 0 atom stereocenters. The van der Waals surface area contributed by atoms with Crippen LogP contribution in [0.5, 0.6) is 0 Å². The van der Waals surface area contributed by atoms with Gasteiger partial charge in [0.05, 0.1) is 0 Å². The first kappa shape index (κ1) is 14.1. The molecule has 0 bridgehead atoms. The molecule has 0 amide bonds. The molecular formula is C18H21NO2. The number of carbonyl (C=O) groups is 1. The minimum absolute atomic E-state index is 0.374. The molecule has 0 saturated carbocycles. The molecule has 0 N–H and O–H groups in total. The van der Waals surface area contributed by atoms with Crippen LogP contribution in [-0.4, -0.2) is 30.8 Å². The molecule has 3 rings (SSSR count). The van der Waals surface area contributed by atoms with Crippen molar-refractivity contribution in [3.63, 3.8) is 0 Å². The van der Waals surface area contributed by atoms with Crippen LogP contribution in [0.2, 0.25) is 0 Å². The van der Waals surface area contributed by atoms with Crippen LogP contribution >= 0.6 is 0 Å². The van der Waals surface area contributed by atoms with Crippen LogP contribution in [-0.2, 0) is 6.42 Å². The molecule has 0 unspecified atom stereocenters. The van der Waals surface area contributed by atoms with E-state index >= 15 is 0 Å². The molecular weight excluding hydrogens is 262 g/mol. The second kappa shape index (κ2) is 6.72. The number of likely N-dealkylation sites (tertiary alicyclic amines) is 1. The van der Waals surface area contributed by atoms with Gasteiger partial charge in [-0.15, -0.1) is 0 Å². The van der Waals surface area contributed by atoms with Crippen molar-refractivity contribution < 1.29 is 9.21 Å². The Morgan fingerprint density at radius 3 is 2.43 bits per heavy atom. The third-order valence-electron chi connectivity index (χ3n) is 4.15. The highest BCUT2D eigenvalue weighted by Gasteiger charge is 2.10. The molecule has 0 spiro atoms. The van der Waals surface area contributed by atoms with Crippen molar-refractivity contribution in [1.29, 1.82) is 0 Å². The number of carbonyl (C=O) groups excluding carboxylic acids is 1. The number of piperidine rings is 1. The fourth-order valence-electron chi connectivity index (χ4n) is 2.88. The number of benzene rings is 1. The van der Waals surface area contributed by atoms with E-state index in [9.17, 15) is 4.79 Å². The van der Waals surface area contributed by atoms with Gasteiger partial charge in [0, 0.05) is 12.1 Å². The number of hydrogen-bond acceptors (Lipinski definition) is 3. The van der Waals surface area contributed by atoms with Gasteiger partial charge in [0.15, 0.2) is 12.0 Å². The summed E-state index contributed by atoms with van der Waals surface area (Å²) in [4.78, 5) is 13.2. The molecule has 2 heterocycles. The maximum absolute atomic E-state index is 10.6. The van der Waals surface area contributed by atoms with Crippen LogP contribution in [0.4, 0.5) is 0 Å². The van der Waals surface area contributed by atoms with Crippen molar-refractivity contribution in [3.8, 4) is 11.3 Å². The molecule has 1 aromatic carbocycles. The minimum atomic E-state index is 0.374. The van der Waals surface area contributed by atoms with Crippen molar-refractivity contribution >= 4 is 6.29 Å². The van der Waals surface area contributed by atoms with Crippen molar-refractivity contribution in [3.05, 3.63) is 47.7 Å². The fraction of sp³-hybridized carbons (Fsp3) is 0.389. The summed E-state index contributed by atoms with van der Waals surface area (Å²) in [7, 11) is 0. The lowest BCUT2D eigenvalue weighted by molar-refractivity contribution is 0.110. The number of hydrogen-bond donors (Lipinski definition) is 0. The second-order valence-electron chi connectivity index (χ2n) is 5.67. The van der Waals surface area contributed by atoms with E-state index in [-0.39, 0.29) is 0 Å². The van der Waals surface area contributed by atoms with E-state index in [4.69, 9.17) is 4.42 Å². The Hall–Kier alpha value is -1.87. The monoisotopic (exact) mass is 283 g/mol. The van der Waals surface area contributed by atoms with E-state index in [0.29, 0.717) is 5.76 Å². The molecule has 0 aliphatic carbocycles. The number of furan rings is 1. The first-order valence-corrected chi connectivity index (χ1v) is 7.72. The summed E-state index contributed by atoms with van der Waals surface area (Å²) in [6.07, 6.45) is 5.90. The highest BCUT2D eigenvalue weighted by atomic mass is 16.3. The summed E-state index contributed by atoms with van der Waals surface area (Å²) in [5.41, 5.74) is 2.37. The average molecular weight is 283 g/mol. The van der Waals surface area contributed by atoms with Gasteiger partial charge in [-0.05, 0) is 50.0 Å². The third kappa shape index (κ3) is 3.61. The van der Waals surface area contributed by atoms with Crippen LogP contribution in [0, 0.1) is 0 Å². The standard InChI is InChI=1S/C18H21NO2/c20-14-17-8-9-18(21-17)16-6-4-15(5-7-16)10-13-19-11-2-1-3-12-19/h4-9,14H,1-3,10-13H2. The molecule has 110 valence electrons. The molecule has 21 heavy (non-hydrogen) atoms. The smallest absolute Gasteiger partial charge is 0.185 e. The summed E-state index contributed by atoms with van der Waals surface area (Å²) in [5.74, 6) is 1.12. The zero-order chi connectivity index (χ0) is 14.5. The Bertz CT molecular complexity index is 580. The van der Waals surface area contributed by atoms with Crippen molar-refractivity contribution in [2.75, 3.05) is 19.6 Å². The highest BCUT2D eigenvalue weighted by Crippen LogP contribution is 2.22. The fourth-order valence-corrected chi connectivity index (χ4v) is 2.88. The molecule has 1 fully saturated rings. The molecule has 1 aliphatic rings. The quantitative estimate of drug-likeness (QED) is 0.783.